The van der Waals surface area contributed by atoms with Crippen molar-refractivity contribution in [1.29, 1.82) is 0 Å². The van der Waals surface area contributed by atoms with Crippen LogP contribution in [0, 0.1) is 0 Å². The van der Waals surface area contributed by atoms with Gasteiger partial charge in [-0.3, -0.25) is 0 Å². The molecule has 0 fully saturated rings. The van der Waals surface area contributed by atoms with Gasteiger partial charge < -0.3 is 10.6 Å². The van der Waals surface area contributed by atoms with Crippen LogP contribution in [0.1, 0.15) is 5.56 Å². The molecular weight excluding hydrogens is 384 g/mol. The molecule has 0 radical (unpaired) electrons. The lowest BCUT2D eigenvalue weighted by Crippen LogP contribution is -2.15. The van der Waals surface area contributed by atoms with Gasteiger partial charge in [0.25, 0.3) is 0 Å². The first-order valence-corrected chi connectivity index (χ1v) is 8.85. The summed E-state index contributed by atoms with van der Waals surface area (Å²) in [6, 6.07) is 4.72. The number of rotatable bonds is 6. The Balaban J connectivity index is 2.27. The average molecular weight is 397 g/mol. The predicted molar refractivity (Wildman–Crippen MR) is 93.7 cm³/mol. The first-order valence-electron chi connectivity index (χ1n) is 6.70. The molecule has 1 aromatic carbocycles. The van der Waals surface area contributed by atoms with E-state index in [1.54, 1.807) is 12.1 Å². The fourth-order valence-electron chi connectivity index (χ4n) is 1.76. The standard InChI is InChI=1S/C14H13Cl2F3N4S/c1-24-5-4-20-12-9(14(17,18)19)7-21-13(23-12)22-8-2-3-10(15)11(16)6-8/h2-3,6-7H,4-5H2,1H3,(H2,20,21,22,23). The van der Waals surface area contributed by atoms with Crippen LogP contribution in [-0.2, 0) is 6.18 Å². The Hall–Kier alpha value is -1.38. The third-order valence-electron chi connectivity index (χ3n) is 2.87. The topological polar surface area (TPSA) is 49.8 Å². The number of alkyl halides is 3. The summed E-state index contributed by atoms with van der Waals surface area (Å²) in [6.07, 6.45) is -1.93. The number of benzene rings is 1. The number of thioether (sulfide) groups is 1. The molecule has 0 aliphatic rings. The zero-order valence-electron chi connectivity index (χ0n) is 12.4. The fourth-order valence-corrected chi connectivity index (χ4v) is 2.36. The number of hydrogen-bond acceptors (Lipinski definition) is 5. The van der Waals surface area contributed by atoms with Crippen molar-refractivity contribution < 1.29 is 13.2 Å². The van der Waals surface area contributed by atoms with E-state index < -0.39 is 11.7 Å². The van der Waals surface area contributed by atoms with Crippen LogP contribution in [0.2, 0.25) is 10.0 Å². The highest BCUT2D eigenvalue weighted by Crippen LogP contribution is 2.34. The van der Waals surface area contributed by atoms with E-state index in [0.717, 1.165) is 6.20 Å². The second-order valence-corrected chi connectivity index (χ2v) is 6.43. The van der Waals surface area contributed by atoms with Gasteiger partial charge >= 0.3 is 6.18 Å². The number of halogens is 5. The van der Waals surface area contributed by atoms with Crippen LogP contribution < -0.4 is 10.6 Å². The minimum atomic E-state index is -4.54. The summed E-state index contributed by atoms with van der Waals surface area (Å²) < 4.78 is 39.1. The van der Waals surface area contributed by atoms with Gasteiger partial charge in [-0.2, -0.15) is 29.9 Å². The van der Waals surface area contributed by atoms with Gasteiger partial charge in [-0.1, -0.05) is 23.2 Å². The summed E-state index contributed by atoms with van der Waals surface area (Å²) >= 11 is 13.2. The van der Waals surface area contributed by atoms with Crippen molar-refractivity contribution in [1.82, 2.24) is 9.97 Å². The van der Waals surface area contributed by atoms with Crippen LogP contribution in [0.15, 0.2) is 24.4 Å². The zero-order chi connectivity index (χ0) is 17.7. The van der Waals surface area contributed by atoms with E-state index in [4.69, 9.17) is 23.2 Å². The maximum absolute atomic E-state index is 13.0. The molecule has 2 aromatic rings. The third kappa shape index (κ3) is 5.06. The molecule has 24 heavy (non-hydrogen) atoms. The summed E-state index contributed by atoms with van der Waals surface area (Å²) in [6.45, 7) is 0.355. The molecule has 1 aromatic heterocycles. The van der Waals surface area contributed by atoms with E-state index in [0.29, 0.717) is 28.0 Å². The van der Waals surface area contributed by atoms with E-state index in [9.17, 15) is 13.2 Å². The lowest BCUT2D eigenvalue weighted by Gasteiger charge is -2.14. The largest absolute Gasteiger partial charge is 0.421 e. The minimum absolute atomic E-state index is 0.0213. The van der Waals surface area contributed by atoms with Crippen LogP contribution >= 0.6 is 35.0 Å². The number of nitrogens with one attached hydrogen (secondary N) is 2. The number of nitrogens with zero attached hydrogens (tertiary/aromatic N) is 2. The summed E-state index contributed by atoms with van der Waals surface area (Å²) in [5.41, 5.74) is -0.400. The predicted octanol–water partition coefficient (Wildman–Crippen LogP) is 5.32. The highest BCUT2D eigenvalue weighted by molar-refractivity contribution is 7.98. The molecule has 0 atom stereocenters. The molecular formula is C14H13Cl2F3N4S. The Morgan fingerprint density at radius 1 is 1.21 bits per heavy atom. The normalized spacial score (nSPS) is 11.4. The Morgan fingerprint density at radius 2 is 1.96 bits per heavy atom. The Bertz CT molecular complexity index is 713. The van der Waals surface area contributed by atoms with Crippen molar-refractivity contribution in [3.8, 4) is 0 Å². The fraction of sp³-hybridized carbons (Fsp3) is 0.286. The maximum Gasteiger partial charge on any atom is 0.421 e. The minimum Gasteiger partial charge on any atom is -0.369 e. The van der Waals surface area contributed by atoms with Crippen molar-refractivity contribution in [3.05, 3.63) is 40.0 Å². The van der Waals surface area contributed by atoms with Gasteiger partial charge in [0, 0.05) is 24.2 Å². The first kappa shape index (κ1) is 19.0. The molecule has 2 N–H and O–H groups in total. The van der Waals surface area contributed by atoms with Crippen molar-refractivity contribution in [2.75, 3.05) is 29.2 Å². The molecule has 4 nitrogen and oxygen atoms in total. The van der Waals surface area contributed by atoms with Crippen molar-refractivity contribution >= 4 is 52.4 Å². The SMILES string of the molecule is CSCCNc1nc(Nc2ccc(Cl)c(Cl)c2)ncc1C(F)(F)F. The Labute approximate surface area is 151 Å². The van der Waals surface area contributed by atoms with Crippen LogP contribution in [0.4, 0.5) is 30.6 Å². The van der Waals surface area contributed by atoms with Crippen molar-refractivity contribution in [2.24, 2.45) is 0 Å². The van der Waals surface area contributed by atoms with Crippen LogP contribution in [0.5, 0.6) is 0 Å². The summed E-state index contributed by atoms with van der Waals surface area (Å²) in [5.74, 6) is 0.402. The second kappa shape index (κ2) is 8.13. The monoisotopic (exact) mass is 396 g/mol. The molecule has 0 saturated carbocycles. The van der Waals surface area contributed by atoms with E-state index in [-0.39, 0.29) is 11.8 Å². The second-order valence-electron chi connectivity index (χ2n) is 4.63. The maximum atomic E-state index is 13.0. The number of aromatic nitrogens is 2. The van der Waals surface area contributed by atoms with E-state index in [1.807, 2.05) is 6.26 Å². The van der Waals surface area contributed by atoms with Gasteiger partial charge in [-0.25, -0.2) is 4.98 Å². The van der Waals surface area contributed by atoms with Crippen molar-refractivity contribution in [2.45, 2.75) is 6.18 Å². The molecule has 0 spiro atoms. The quantitative estimate of drug-likeness (QED) is 0.646. The lowest BCUT2D eigenvalue weighted by atomic mass is 10.3. The van der Waals surface area contributed by atoms with E-state index >= 15 is 0 Å². The summed E-state index contributed by atoms with van der Waals surface area (Å²) in [7, 11) is 0. The van der Waals surface area contributed by atoms with E-state index in [2.05, 4.69) is 20.6 Å². The van der Waals surface area contributed by atoms with Gasteiger partial charge in [0.2, 0.25) is 5.95 Å². The molecule has 0 unspecified atom stereocenters. The Kier molecular flexibility index (Phi) is 6.42. The molecule has 0 aliphatic carbocycles. The molecule has 0 saturated heterocycles. The smallest absolute Gasteiger partial charge is 0.369 e. The molecule has 0 amide bonds. The molecule has 10 heteroatoms. The van der Waals surface area contributed by atoms with Crippen LogP contribution in [-0.4, -0.2) is 28.5 Å². The number of hydrogen-bond donors (Lipinski definition) is 2. The molecule has 1 heterocycles. The summed E-state index contributed by atoms with van der Waals surface area (Å²) in [4.78, 5) is 7.64. The summed E-state index contributed by atoms with van der Waals surface area (Å²) in [5, 5.41) is 6.17. The van der Waals surface area contributed by atoms with Crippen molar-refractivity contribution in [3.63, 3.8) is 0 Å². The highest BCUT2D eigenvalue weighted by Gasteiger charge is 2.35. The number of anilines is 3. The van der Waals surface area contributed by atoms with Gasteiger partial charge in [0.05, 0.1) is 10.0 Å². The average Bonchev–Trinajstić information content (AvgIpc) is 2.50. The third-order valence-corrected chi connectivity index (χ3v) is 4.22. The molecule has 2 rings (SSSR count). The van der Waals surface area contributed by atoms with Gasteiger partial charge in [0.15, 0.2) is 0 Å². The first-order chi connectivity index (χ1) is 11.3. The molecule has 0 aliphatic heterocycles. The van der Waals surface area contributed by atoms with Gasteiger partial charge in [0.1, 0.15) is 11.4 Å². The van der Waals surface area contributed by atoms with Gasteiger partial charge in [-0.15, -0.1) is 0 Å². The van der Waals surface area contributed by atoms with Gasteiger partial charge in [-0.05, 0) is 24.5 Å². The zero-order valence-corrected chi connectivity index (χ0v) is 14.7. The van der Waals surface area contributed by atoms with Crippen LogP contribution in [0.25, 0.3) is 0 Å². The molecule has 130 valence electrons. The highest BCUT2D eigenvalue weighted by atomic mass is 35.5. The Morgan fingerprint density at radius 3 is 2.58 bits per heavy atom. The lowest BCUT2D eigenvalue weighted by molar-refractivity contribution is -0.137. The van der Waals surface area contributed by atoms with E-state index in [1.165, 1.54) is 17.8 Å². The van der Waals surface area contributed by atoms with Crippen LogP contribution in [0.3, 0.4) is 0 Å². The molecule has 0 bridgehead atoms.